The van der Waals surface area contributed by atoms with Gasteiger partial charge in [0.25, 0.3) is 15.9 Å². The van der Waals surface area contributed by atoms with E-state index in [-0.39, 0.29) is 53.0 Å². The van der Waals surface area contributed by atoms with E-state index in [9.17, 15) is 31.2 Å². The number of hydrogen-bond donors (Lipinski definition) is 2. The number of aromatic nitrogens is 2. The minimum absolute atomic E-state index is 0.00768. The molecule has 1 aliphatic rings. The van der Waals surface area contributed by atoms with E-state index in [2.05, 4.69) is 20.5 Å². The standard InChI is InChI=1S/C24H32F3N5O7S/c1-7-31-13-20(21(30-31)37-14(2)3)40(35,36)32-12-17(11-28-15(4)33)38-19-9-8-16(10-18(19)32)29-22(34)39-23(5,6)24(25,26)27/h8-10,13-14,17H,7,11-12H2,1-6H3,(H,28,33)(H,29,34). The van der Waals surface area contributed by atoms with Gasteiger partial charge in [0.05, 0.1) is 24.9 Å². The fourth-order valence-electron chi connectivity index (χ4n) is 3.56. The van der Waals surface area contributed by atoms with Gasteiger partial charge in [-0.2, -0.15) is 13.2 Å². The van der Waals surface area contributed by atoms with Crippen molar-refractivity contribution < 1.29 is 45.4 Å². The molecule has 1 aromatic carbocycles. The number of aryl methyl sites for hydroxylation is 1. The molecule has 222 valence electrons. The smallest absolute Gasteiger partial charge is 0.427 e. The number of fused-ring (bicyclic) bond motifs is 1. The van der Waals surface area contributed by atoms with Crippen LogP contribution in [0.25, 0.3) is 0 Å². The summed E-state index contributed by atoms with van der Waals surface area (Å²) in [5.74, 6) is -0.370. The Morgan fingerprint density at radius 3 is 2.50 bits per heavy atom. The lowest BCUT2D eigenvalue weighted by molar-refractivity contribution is -0.242. The highest BCUT2D eigenvalue weighted by Crippen LogP contribution is 2.41. The quantitative estimate of drug-likeness (QED) is 0.450. The molecule has 40 heavy (non-hydrogen) atoms. The van der Waals surface area contributed by atoms with Crippen LogP contribution in [-0.2, 0) is 26.1 Å². The molecule has 12 nitrogen and oxygen atoms in total. The molecule has 2 aromatic rings. The summed E-state index contributed by atoms with van der Waals surface area (Å²) in [6.45, 7) is 8.00. The average Bonchev–Trinajstić information content (AvgIpc) is 3.24. The molecule has 0 radical (unpaired) electrons. The topological polar surface area (TPSA) is 141 Å². The molecular weight excluding hydrogens is 559 g/mol. The van der Waals surface area contributed by atoms with E-state index in [1.165, 1.54) is 36.0 Å². The molecule has 2 N–H and O–H groups in total. The second-order valence-electron chi connectivity index (χ2n) is 9.74. The molecule has 2 amide bonds. The van der Waals surface area contributed by atoms with Crippen LogP contribution < -0.4 is 24.4 Å². The number of hydrogen-bond acceptors (Lipinski definition) is 8. The number of anilines is 2. The Hall–Kier alpha value is -3.69. The van der Waals surface area contributed by atoms with Gasteiger partial charge in [-0.15, -0.1) is 5.10 Å². The van der Waals surface area contributed by atoms with Crippen LogP contribution in [0.2, 0.25) is 0 Å². The van der Waals surface area contributed by atoms with Crippen molar-refractivity contribution in [1.29, 1.82) is 0 Å². The third-order valence-electron chi connectivity index (χ3n) is 5.68. The van der Waals surface area contributed by atoms with Crippen molar-refractivity contribution in [2.75, 3.05) is 22.7 Å². The van der Waals surface area contributed by atoms with Crippen molar-refractivity contribution >= 4 is 33.4 Å². The first-order chi connectivity index (χ1) is 18.4. The Balaban J connectivity index is 2.02. The highest BCUT2D eigenvalue weighted by molar-refractivity contribution is 7.93. The lowest BCUT2D eigenvalue weighted by atomic mass is 10.1. The number of nitrogens with zero attached hydrogens (tertiary/aromatic N) is 3. The van der Waals surface area contributed by atoms with Gasteiger partial charge in [-0.25, -0.2) is 13.2 Å². The maximum Gasteiger partial charge on any atom is 0.427 e. The number of carbonyl (C=O) groups excluding carboxylic acids is 2. The van der Waals surface area contributed by atoms with Gasteiger partial charge in [0.2, 0.25) is 11.5 Å². The second kappa shape index (κ2) is 11.4. The Labute approximate surface area is 229 Å². The van der Waals surface area contributed by atoms with Gasteiger partial charge in [0.1, 0.15) is 11.9 Å². The van der Waals surface area contributed by atoms with Gasteiger partial charge in [0, 0.05) is 25.4 Å². The molecule has 1 aliphatic heterocycles. The number of halogens is 3. The summed E-state index contributed by atoms with van der Waals surface area (Å²) in [6.07, 6.45) is -6.07. The fraction of sp³-hybridized carbons (Fsp3) is 0.542. The van der Waals surface area contributed by atoms with Crippen molar-refractivity contribution in [1.82, 2.24) is 15.1 Å². The number of benzene rings is 1. The van der Waals surface area contributed by atoms with E-state index < -0.39 is 34.0 Å². The molecule has 1 atom stereocenters. The van der Waals surface area contributed by atoms with Crippen LogP contribution in [0.1, 0.15) is 41.5 Å². The van der Waals surface area contributed by atoms with E-state index in [0.717, 1.165) is 4.31 Å². The average molecular weight is 592 g/mol. The van der Waals surface area contributed by atoms with Gasteiger partial charge >= 0.3 is 12.3 Å². The van der Waals surface area contributed by atoms with Gasteiger partial charge in [0.15, 0.2) is 4.90 Å². The summed E-state index contributed by atoms with van der Waals surface area (Å²) in [5.41, 5.74) is -2.83. The van der Waals surface area contributed by atoms with Crippen LogP contribution in [0.4, 0.5) is 29.3 Å². The number of carbonyl (C=O) groups is 2. The summed E-state index contributed by atoms with van der Waals surface area (Å²) in [7, 11) is -4.37. The van der Waals surface area contributed by atoms with Crippen LogP contribution in [0, 0.1) is 0 Å². The SMILES string of the molecule is CCn1cc(S(=O)(=O)N2CC(CNC(C)=O)Oc3ccc(NC(=O)OC(C)(C)C(F)(F)F)cc32)c(OC(C)C)n1. The normalized spacial score (nSPS) is 15.8. The van der Waals surface area contributed by atoms with E-state index >= 15 is 0 Å². The number of rotatable bonds is 9. The molecule has 2 heterocycles. The van der Waals surface area contributed by atoms with Crippen molar-refractivity contribution in [2.24, 2.45) is 0 Å². The van der Waals surface area contributed by atoms with Crippen molar-refractivity contribution in [2.45, 2.75) is 77.0 Å². The van der Waals surface area contributed by atoms with Crippen LogP contribution in [0.3, 0.4) is 0 Å². The van der Waals surface area contributed by atoms with E-state index in [1.807, 2.05) is 0 Å². The van der Waals surface area contributed by atoms with Gasteiger partial charge < -0.3 is 19.5 Å². The lowest BCUT2D eigenvalue weighted by Gasteiger charge is -2.35. The molecule has 1 unspecified atom stereocenters. The van der Waals surface area contributed by atoms with Crippen molar-refractivity contribution in [3.8, 4) is 11.6 Å². The van der Waals surface area contributed by atoms with Crippen LogP contribution >= 0.6 is 0 Å². The predicted octanol–water partition coefficient (Wildman–Crippen LogP) is 3.67. The van der Waals surface area contributed by atoms with Crippen molar-refractivity contribution in [3.05, 3.63) is 24.4 Å². The highest BCUT2D eigenvalue weighted by atomic mass is 32.2. The van der Waals surface area contributed by atoms with Crippen LogP contribution in [0.5, 0.6) is 11.6 Å². The Bertz CT molecular complexity index is 1360. The summed E-state index contributed by atoms with van der Waals surface area (Å²) in [6, 6.07) is 3.90. The molecule has 0 bridgehead atoms. The van der Waals surface area contributed by atoms with E-state index in [1.54, 1.807) is 20.8 Å². The molecule has 0 saturated carbocycles. The lowest BCUT2D eigenvalue weighted by Crippen LogP contribution is -2.48. The highest BCUT2D eigenvalue weighted by Gasteiger charge is 2.51. The zero-order valence-corrected chi connectivity index (χ0v) is 23.6. The maximum absolute atomic E-state index is 14.0. The van der Waals surface area contributed by atoms with Crippen molar-refractivity contribution in [3.63, 3.8) is 0 Å². The second-order valence-corrected chi connectivity index (χ2v) is 11.6. The third kappa shape index (κ3) is 6.89. The number of ether oxygens (including phenoxy) is 3. The molecule has 16 heteroatoms. The first-order valence-electron chi connectivity index (χ1n) is 12.3. The first kappa shape index (κ1) is 30.8. The molecule has 1 aromatic heterocycles. The monoisotopic (exact) mass is 591 g/mol. The summed E-state index contributed by atoms with van der Waals surface area (Å²) >= 11 is 0. The molecular formula is C24H32F3N5O7S. The molecule has 0 saturated heterocycles. The number of alkyl halides is 3. The zero-order chi connectivity index (χ0) is 30.0. The summed E-state index contributed by atoms with van der Waals surface area (Å²) in [5, 5.41) is 9.00. The van der Waals surface area contributed by atoms with Crippen LogP contribution in [-0.4, -0.2) is 67.3 Å². The van der Waals surface area contributed by atoms with Gasteiger partial charge in [-0.3, -0.25) is 19.1 Å². The minimum atomic E-state index is -4.82. The Morgan fingerprint density at radius 1 is 1.25 bits per heavy atom. The molecule has 0 aliphatic carbocycles. The Kier molecular flexibility index (Phi) is 8.81. The van der Waals surface area contributed by atoms with Crippen LogP contribution in [0.15, 0.2) is 29.3 Å². The number of amides is 2. The fourth-order valence-corrected chi connectivity index (χ4v) is 5.13. The summed E-state index contributed by atoms with van der Waals surface area (Å²) < 4.78 is 86.0. The number of sulfonamides is 1. The largest absolute Gasteiger partial charge is 0.484 e. The minimum Gasteiger partial charge on any atom is -0.484 e. The van der Waals surface area contributed by atoms with E-state index in [4.69, 9.17) is 9.47 Å². The zero-order valence-electron chi connectivity index (χ0n) is 22.8. The van der Waals surface area contributed by atoms with E-state index in [0.29, 0.717) is 20.4 Å². The molecule has 3 rings (SSSR count). The summed E-state index contributed by atoms with van der Waals surface area (Å²) in [4.78, 5) is 23.5. The Morgan fingerprint density at radius 2 is 1.93 bits per heavy atom. The molecule has 0 fully saturated rings. The number of nitrogens with one attached hydrogen (secondary N) is 2. The first-order valence-corrected chi connectivity index (χ1v) is 13.8. The maximum atomic E-state index is 14.0. The van der Waals surface area contributed by atoms with Gasteiger partial charge in [-0.05, 0) is 52.8 Å². The molecule has 0 spiro atoms. The predicted molar refractivity (Wildman–Crippen MR) is 138 cm³/mol. The third-order valence-corrected chi connectivity index (χ3v) is 7.44. The van der Waals surface area contributed by atoms with Gasteiger partial charge in [-0.1, -0.05) is 0 Å².